The summed E-state index contributed by atoms with van der Waals surface area (Å²) in [6, 6.07) is 14.8. The number of halogens is 2. The molecule has 1 aromatic heterocycles. The van der Waals surface area contributed by atoms with Gasteiger partial charge in [0, 0.05) is 23.9 Å². The fraction of sp³-hybridized carbons (Fsp3) is 0.136. The van der Waals surface area contributed by atoms with Crippen LogP contribution in [0.3, 0.4) is 0 Å². The number of nitrogens with one attached hydrogen (secondary N) is 2. The van der Waals surface area contributed by atoms with E-state index in [4.69, 9.17) is 16.3 Å². The van der Waals surface area contributed by atoms with Gasteiger partial charge in [-0.1, -0.05) is 35.9 Å². The van der Waals surface area contributed by atoms with Gasteiger partial charge in [0.15, 0.2) is 0 Å². The number of anilines is 1. The van der Waals surface area contributed by atoms with Gasteiger partial charge < -0.3 is 15.4 Å². The summed E-state index contributed by atoms with van der Waals surface area (Å²) in [6.07, 6.45) is 0. The summed E-state index contributed by atoms with van der Waals surface area (Å²) in [6.45, 7) is -0.461. The summed E-state index contributed by atoms with van der Waals surface area (Å²) in [5.41, 5.74) is 0.161. The van der Waals surface area contributed by atoms with E-state index in [1.807, 2.05) is 0 Å². The Morgan fingerprint density at radius 1 is 1.10 bits per heavy atom. The maximum Gasteiger partial charge on any atom is 0.268 e. The van der Waals surface area contributed by atoms with Crippen LogP contribution < -0.4 is 20.9 Å². The van der Waals surface area contributed by atoms with E-state index in [0.29, 0.717) is 22.0 Å². The van der Waals surface area contributed by atoms with Crippen LogP contribution >= 0.6 is 11.6 Å². The molecule has 2 N–H and O–H groups in total. The lowest BCUT2D eigenvalue weighted by molar-refractivity contribution is -0.116. The van der Waals surface area contributed by atoms with Crippen LogP contribution in [0.15, 0.2) is 65.5 Å². The van der Waals surface area contributed by atoms with Gasteiger partial charge in [-0.25, -0.2) is 4.39 Å². The minimum atomic E-state index is -0.610. The van der Waals surface area contributed by atoms with E-state index < -0.39 is 29.7 Å². The Morgan fingerprint density at radius 3 is 2.58 bits per heavy atom. The van der Waals surface area contributed by atoms with Gasteiger partial charge >= 0.3 is 0 Å². The van der Waals surface area contributed by atoms with Gasteiger partial charge in [0.1, 0.15) is 23.8 Å². The summed E-state index contributed by atoms with van der Waals surface area (Å²) in [4.78, 5) is 37.4. The van der Waals surface area contributed by atoms with Gasteiger partial charge in [0.25, 0.3) is 11.5 Å². The van der Waals surface area contributed by atoms with Crippen molar-refractivity contribution in [2.24, 2.45) is 0 Å². The number of hydrogen-bond acceptors (Lipinski definition) is 4. The summed E-state index contributed by atoms with van der Waals surface area (Å²) >= 11 is 6.05. The van der Waals surface area contributed by atoms with E-state index in [0.717, 1.165) is 4.57 Å². The number of carbonyl (C=O) groups excluding carboxylic acids is 2. The molecule has 0 spiro atoms. The topological polar surface area (TPSA) is 89.4 Å². The largest absolute Gasteiger partial charge is 0.495 e. The average molecular weight is 444 g/mol. The predicted molar refractivity (Wildman–Crippen MR) is 115 cm³/mol. The number of hydrogen-bond donors (Lipinski definition) is 2. The third kappa shape index (κ3) is 5.49. The molecule has 3 rings (SSSR count). The Labute approximate surface area is 182 Å². The molecule has 0 fully saturated rings. The van der Waals surface area contributed by atoms with Crippen molar-refractivity contribution in [3.05, 3.63) is 93.1 Å². The van der Waals surface area contributed by atoms with Gasteiger partial charge in [-0.05, 0) is 30.3 Å². The highest BCUT2D eigenvalue weighted by molar-refractivity contribution is 6.32. The number of carbonyl (C=O) groups is 2. The van der Waals surface area contributed by atoms with Crippen molar-refractivity contribution < 1.29 is 18.7 Å². The Bertz CT molecular complexity index is 1180. The SMILES string of the molecule is COc1ccc(NC(=O)Cn2c(C(=O)NCc3ccccc3F)cccc2=O)cc1Cl. The zero-order valence-electron chi connectivity index (χ0n) is 16.5. The number of aromatic nitrogens is 1. The molecular formula is C22H19ClFN3O4. The van der Waals surface area contributed by atoms with Gasteiger partial charge in [0.2, 0.25) is 5.91 Å². The number of nitrogens with zero attached hydrogens (tertiary/aromatic N) is 1. The Balaban J connectivity index is 1.73. The molecule has 0 unspecified atom stereocenters. The zero-order valence-corrected chi connectivity index (χ0v) is 17.3. The van der Waals surface area contributed by atoms with Crippen LogP contribution in [0.25, 0.3) is 0 Å². The smallest absolute Gasteiger partial charge is 0.268 e. The van der Waals surface area contributed by atoms with Crippen LogP contribution in [0, 0.1) is 5.82 Å². The maximum atomic E-state index is 13.8. The molecule has 0 aliphatic rings. The lowest BCUT2D eigenvalue weighted by atomic mass is 10.2. The van der Waals surface area contributed by atoms with E-state index in [-0.39, 0.29) is 12.2 Å². The summed E-state index contributed by atoms with van der Waals surface area (Å²) in [5.74, 6) is -1.14. The van der Waals surface area contributed by atoms with Crippen molar-refractivity contribution in [3.63, 3.8) is 0 Å². The van der Waals surface area contributed by atoms with E-state index >= 15 is 0 Å². The molecule has 2 amide bonds. The highest BCUT2D eigenvalue weighted by Gasteiger charge is 2.16. The first-order chi connectivity index (χ1) is 14.9. The van der Waals surface area contributed by atoms with E-state index in [9.17, 15) is 18.8 Å². The first-order valence-corrected chi connectivity index (χ1v) is 9.61. The molecule has 0 saturated carbocycles. The molecule has 31 heavy (non-hydrogen) atoms. The molecule has 0 aliphatic heterocycles. The molecule has 0 radical (unpaired) electrons. The van der Waals surface area contributed by atoms with Crippen molar-refractivity contribution in [3.8, 4) is 5.75 Å². The second kappa shape index (κ2) is 9.90. The summed E-state index contributed by atoms with van der Waals surface area (Å²) < 4.78 is 19.9. The van der Waals surface area contributed by atoms with E-state index in [2.05, 4.69) is 10.6 Å². The van der Waals surface area contributed by atoms with Crippen LogP contribution in [0.4, 0.5) is 10.1 Å². The first kappa shape index (κ1) is 22.0. The predicted octanol–water partition coefficient (Wildman–Crippen LogP) is 3.22. The molecule has 9 heteroatoms. The average Bonchev–Trinajstić information content (AvgIpc) is 2.74. The zero-order chi connectivity index (χ0) is 22.4. The first-order valence-electron chi connectivity index (χ1n) is 9.24. The molecule has 1 heterocycles. The molecule has 0 aliphatic carbocycles. The molecule has 2 aromatic carbocycles. The number of benzene rings is 2. The molecule has 0 saturated heterocycles. The highest BCUT2D eigenvalue weighted by atomic mass is 35.5. The van der Waals surface area contributed by atoms with Crippen molar-refractivity contribution >= 4 is 29.1 Å². The molecular weight excluding hydrogens is 425 g/mol. The number of methoxy groups -OCH3 is 1. The van der Waals surface area contributed by atoms with Crippen LogP contribution in [0.2, 0.25) is 5.02 Å². The van der Waals surface area contributed by atoms with Crippen LogP contribution in [-0.4, -0.2) is 23.5 Å². The fourth-order valence-corrected chi connectivity index (χ4v) is 3.14. The molecule has 0 atom stereocenters. The molecule has 0 bridgehead atoms. The summed E-state index contributed by atoms with van der Waals surface area (Å²) in [7, 11) is 1.47. The Morgan fingerprint density at radius 2 is 1.87 bits per heavy atom. The molecule has 160 valence electrons. The van der Waals surface area contributed by atoms with Gasteiger partial charge in [0.05, 0.1) is 12.1 Å². The monoisotopic (exact) mass is 443 g/mol. The third-order valence-corrected chi connectivity index (χ3v) is 4.71. The van der Waals surface area contributed by atoms with Crippen LogP contribution in [0.1, 0.15) is 16.1 Å². The second-order valence-corrected chi connectivity index (χ2v) is 6.91. The quantitative estimate of drug-likeness (QED) is 0.586. The minimum Gasteiger partial charge on any atom is -0.495 e. The Kier molecular flexibility index (Phi) is 7.04. The molecule has 7 nitrogen and oxygen atoms in total. The van der Waals surface area contributed by atoms with Gasteiger partial charge in [-0.3, -0.25) is 19.0 Å². The van der Waals surface area contributed by atoms with Crippen molar-refractivity contribution in [1.82, 2.24) is 9.88 Å². The van der Waals surface area contributed by atoms with Crippen LogP contribution in [0.5, 0.6) is 5.75 Å². The van der Waals surface area contributed by atoms with E-state index in [1.54, 1.807) is 30.3 Å². The minimum absolute atomic E-state index is 0.0215. The van der Waals surface area contributed by atoms with Gasteiger partial charge in [-0.15, -0.1) is 0 Å². The fourth-order valence-electron chi connectivity index (χ4n) is 2.88. The maximum absolute atomic E-state index is 13.8. The normalized spacial score (nSPS) is 10.4. The van der Waals surface area contributed by atoms with Gasteiger partial charge in [-0.2, -0.15) is 0 Å². The highest BCUT2D eigenvalue weighted by Crippen LogP contribution is 2.27. The molecule has 3 aromatic rings. The second-order valence-electron chi connectivity index (χ2n) is 6.51. The lowest BCUT2D eigenvalue weighted by Gasteiger charge is -2.13. The Hall–Kier alpha value is -3.65. The van der Waals surface area contributed by atoms with E-state index in [1.165, 1.54) is 37.4 Å². The number of pyridine rings is 1. The number of amides is 2. The number of ether oxygens (including phenoxy) is 1. The van der Waals surface area contributed by atoms with Crippen molar-refractivity contribution in [2.45, 2.75) is 13.1 Å². The lowest BCUT2D eigenvalue weighted by Crippen LogP contribution is -2.34. The summed E-state index contributed by atoms with van der Waals surface area (Å²) in [5, 5.41) is 5.50. The number of rotatable bonds is 7. The third-order valence-electron chi connectivity index (χ3n) is 4.42. The van der Waals surface area contributed by atoms with Crippen LogP contribution in [-0.2, 0) is 17.9 Å². The van der Waals surface area contributed by atoms with Crippen molar-refractivity contribution in [1.29, 1.82) is 0 Å². The van der Waals surface area contributed by atoms with Crippen molar-refractivity contribution in [2.75, 3.05) is 12.4 Å². The standard InChI is InChI=1S/C22H19ClFN3O4/c1-31-19-10-9-15(11-16(19)23)26-20(28)13-27-18(7-4-8-21(27)29)22(30)25-12-14-5-2-3-6-17(14)24/h2-11H,12-13H2,1H3,(H,25,30)(H,26,28).